The van der Waals surface area contributed by atoms with E-state index in [1.165, 1.54) is 0 Å². The van der Waals surface area contributed by atoms with E-state index in [0.29, 0.717) is 5.56 Å². The molecule has 0 aromatic heterocycles. The molecule has 3 unspecified atom stereocenters. The van der Waals surface area contributed by atoms with Gasteiger partial charge in [0.25, 0.3) is 0 Å². The molecule has 1 amide bonds. The number of nitrogens with two attached hydrogens (primary N) is 2. The quantitative estimate of drug-likeness (QED) is 0.615. The second kappa shape index (κ2) is 7.15. The number of carbonyl (C=O) groups excluding carboxylic acids is 1. The third kappa shape index (κ3) is 3.40. The fourth-order valence-corrected chi connectivity index (χ4v) is 3.48. The fraction of sp³-hybridized carbons (Fsp3) is 0.190. The van der Waals surface area contributed by atoms with E-state index in [2.05, 4.69) is 0 Å². The lowest BCUT2D eigenvalue weighted by molar-refractivity contribution is -0.0280. The van der Waals surface area contributed by atoms with Gasteiger partial charge in [-0.1, -0.05) is 72.8 Å². The van der Waals surface area contributed by atoms with Crippen LogP contribution in [0.25, 0.3) is 10.8 Å². The Balaban J connectivity index is 2.19. The van der Waals surface area contributed by atoms with Crippen LogP contribution in [-0.2, 0) is 10.3 Å². The number of fused-ring (bicyclic) bond motifs is 1. The lowest BCUT2D eigenvalue weighted by Crippen LogP contribution is -2.45. The highest BCUT2D eigenvalue weighted by Gasteiger charge is 2.41. The Bertz CT molecular complexity index is 904. The van der Waals surface area contributed by atoms with Gasteiger partial charge in [-0.3, -0.25) is 5.73 Å². The number of amides is 1. The highest BCUT2D eigenvalue weighted by Crippen LogP contribution is 2.41. The van der Waals surface area contributed by atoms with Crippen molar-refractivity contribution in [3.05, 3.63) is 83.9 Å². The lowest BCUT2D eigenvalue weighted by Gasteiger charge is -2.37. The van der Waals surface area contributed by atoms with Crippen molar-refractivity contribution in [3.8, 4) is 0 Å². The van der Waals surface area contributed by atoms with Crippen LogP contribution in [0.1, 0.15) is 24.0 Å². The topological polar surface area (TPSA) is 98.6 Å². The molecule has 3 rings (SSSR count). The van der Waals surface area contributed by atoms with Crippen LogP contribution >= 0.6 is 0 Å². The van der Waals surface area contributed by atoms with Crippen LogP contribution in [0.2, 0.25) is 0 Å². The summed E-state index contributed by atoms with van der Waals surface area (Å²) in [6, 6.07) is 22.7. The molecule has 0 bridgehead atoms. The maximum atomic E-state index is 11.4. The largest absolute Gasteiger partial charge is 0.430 e. The molecule has 0 aliphatic rings. The van der Waals surface area contributed by atoms with Gasteiger partial charge in [0.2, 0.25) is 0 Å². The molecule has 3 aromatic carbocycles. The van der Waals surface area contributed by atoms with Crippen molar-refractivity contribution in [1.29, 1.82) is 0 Å². The molecule has 0 heterocycles. The lowest BCUT2D eigenvalue weighted by atomic mass is 9.76. The molecule has 3 atom stereocenters. The normalized spacial score (nSPS) is 15.8. The Kier molecular flexibility index (Phi) is 4.93. The van der Waals surface area contributed by atoms with E-state index < -0.39 is 23.8 Å². The smallest absolute Gasteiger partial charge is 0.406 e. The molecular formula is C21H22N2O3. The van der Waals surface area contributed by atoms with Crippen molar-refractivity contribution in [3.63, 3.8) is 0 Å². The van der Waals surface area contributed by atoms with Crippen molar-refractivity contribution in [1.82, 2.24) is 0 Å². The van der Waals surface area contributed by atoms with Gasteiger partial charge < -0.3 is 15.6 Å². The molecular weight excluding hydrogens is 328 g/mol. The zero-order valence-corrected chi connectivity index (χ0v) is 14.5. The van der Waals surface area contributed by atoms with Crippen molar-refractivity contribution in [2.24, 2.45) is 11.5 Å². The van der Waals surface area contributed by atoms with E-state index in [-0.39, 0.29) is 0 Å². The van der Waals surface area contributed by atoms with Gasteiger partial charge in [-0.05, 0) is 28.8 Å². The maximum absolute atomic E-state index is 11.4. The van der Waals surface area contributed by atoms with Gasteiger partial charge in [-0.2, -0.15) is 0 Å². The Morgan fingerprint density at radius 2 is 1.62 bits per heavy atom. The van der Waals surface area contributed by atoms with Gasteiger partial charge in [0.15, 0.2) is 6.23 Å². The number of hydrogen-bond acceptors (Lipinski definition) is 4. The number of primary amides is 1. The Morgan fingerprint density at radius 1 is 1.00 bits per heavy atom. The van der Waals surface area contributed by atoms with Gasteiger partial charge in [-0.15, -0.1) is 0 Å². The fourth-order valence-electron chi connectivity index (χ4n) is 3.48. The van der Waals surface area contributed by atoms with Crippen molar-refractivity contribution < 1.29 is 14.6 Å². The van der Waals surface area contributed by atoms with E-state index >= 15 is 0 Å². The monoisotopic (exact) mass is 350 g/mol. The Hall–Kier alpha value is -2.89. The average molecular weight is 350 g/mol. The van der Waals surface area contributed by atoms with E-state index in [9.17, 15) is 9.90 Å². The summed E-state index contributed by atoms with van der Waals surface area (Å²) in [5.41, 5.74) is 11.4. The van der Waals surface area contributed by atoms with Crippen molar-refractivity contribution >= 4 is 16.9 Å². The summed E-state index contributed by atoms with van der Waals surface area (Å²) in [6.45, 7) is 1.67. The number of ether oxygens (including phenoxy) is 1. The molecule has 5 heteroatoms. The third-order valence-electron chi connectivity index (χ3n) is 4.70. The standard InChI is InChI=1S/C21H22N2O3/c1-21(25,15-10-3-2-4-11-15)18(19(22)26-20(23)24)17-13-7-9-14-8-5-6-12-16(14)17/h2-13,18-19,25H,22H2,1H3,(H2,23,24). The van der Waals surface area contributed by atoms with Crippen molar-refractivity contribution in [2.75, 3.05) is 0 Å². The maximum Gasteiger partial charge on any atom is 0.406 e. The highest BCUT2D eigenvalue weighted by molar-refractivity contribution is 5.86. The molecule has 5 N–H and O–H groups in total. The summed E-state index contributed by atoms with van der Waals surface area (Å²) >= 11 is 0. The number of carbonyl (C=O) groups is 1. The minimum Gasteiger partial charge on any atom is -0.430 e. The predicted molar refractivity (Wildman–Crippen MR) is 101 cm³/mol. The number of rotatable bonds is 5. The summed E-state index contributed by atoms with van der Waals surface area (Å²) in [6.07, 6.45) is -2.10. The summed E-state index contributed by atoms with van der Waals surface area (Å²) in [5.74, 6) is -0.719. The summed E-state index contributed by atoms with van der Waals surface area (Å²) < 4.78 is 5.08. The molecule has 5 nitrogen and oxygen atoms in total. The minimum atomic E-state index is -1.39. The van der Waals surface area contributed by atoms with E-state index in [0.717, 1.165) is 16.3 Å². The van der Waals surface area contributed by atoms with Gasteiger partial charge in [-0.25, -0.2) is 4.79 Å². The summed E-state index contributed by atoms with van der Waals surface area (Å²) in [7, 11) is 0. The van der Waals surface area contributed by atoms with Crippen LogP contribution in [0.4, 0.5) is 4.79 Å². The molecule has 26 heavy (non-hydrogen) atoms. The zero-order chi connectivity index (χ0) is 18.7. The molecule has 0 fully saturated rings. The van der Waals surface area contributed by atoms with Crippen LogP contribution in [-0.4, -0.2) is 17.4 Å². The van der Waals surface area contributed by atoms with Crippen molar-refractivity contribution in [2.45, 2.75) is 24.7 Å². The number of hydrogen-bond donors (Lipinski definition) is 3. The predicted octanol–water partition coefficient (Wildman–Crippen LogP) is 3.21. The molecule has 0 spiro atoms. The molecule has 3 aromatic rings. The second-order valence-corrected chi connectivity index (χ2v) is 6.46. The first kappa shape index (κ1) is 17.9. The van der Waals surface area contributed by atoms with Gasteiger partial charge >= 0.3 is 6.09 Å². The highest BCUT2D eigenvalue weighted by atomic mass is 16.6. The zero-order valence-electron chi connectivity index (χ0n) is 14.5. The molecule has 134 valence electrons. The van der Waals surface area contributed by atoms with Gasteiger partial charge in [0.05, 0.1) is 11.5 Å². The Labute approximate surface area is 152 Å². The van der Waals surface area contributed by atoms with E-state index in [4.69, 9.17) is 16.2 Å². The summed E-state index contributed by atoms with van der Waals surface area (Å²) in [4.78, 5) is 11.3. The molecule has 0 radical (unpaired) electrons. The van der Waals surface area contributed by atoms with Crippen LogP contribution in [0.3, 0.4) is 0 Å². The third-order valence-corrected chi connectivity index (χ3v) is 4.70. The molecule has 0 saturated heterocycles. The van der Waals surface area contributed by atoms with Crippen LogP contribution < -0.4 is 11.5 Å². The molecule has 0 saturated carbocycles. The van der Waals surface area contributed by atoms with E-state index in [1.54, 1.807) is 6.92 Å². The van der Waals surface area contributed by atoms with Gasteiger partial charge in [0.1, 0.15) is 0 Å². The number of benzene rings is 3. The second-order valence-electron chi connectivity index (χ2n) is 6.46. The van der Waals surface area contributed by atoms with E-state index in [1.807, 2.05) is 72.8 Å². The molecule has 0 aliphatic heterocycles. The molecule has 0 aliphatic carbocycles. The van der Waals surface area contributed by atoms with Crippen LogP contribution in [0.15, 0.2) is 72.8 Å². The van der Waals surface area contributed by atoms with Crippen LogP contribution in [0.5, 0.6) is 0 Å². The first-order valence-electron chi connectivity index (χ1n) is 8.38. The van der Waals surface area contributed by atoms with Crippen LogP contribution in [0, 0.1) is 0 Å². The first-order chi connectivity index (χ1) is 12.4. The minimum absolute atomic E-state index is 0.668. The number of aliphatic hydroxyl groups is 1. The Morgan fingerprint density at radius 3 is 2.31 bits per heavy atom. The average Bonchev–Trinajstić information content (AvgIpc) is 2.62. The first-order valence-corrected chi connectivity index (χ1v) is 8.38. The summed E-state index contributed by atoms with van der Waals surface area (Å²) in [5, 5.41) is 13.4. The SMILES string of the molecule is CC(O)(c1ccccc1)C(c1cccc2ccccc12)C(N)OC(N)=O. The van der Waals surface area contributed by atoms with Gasteiger partial charge in [0, 0.05) is 0 Å².